The number of carbonyl (C=O) groups is 2. The molecule has 2 amide bonds. The lowest BCUT2D eigenvalue weighted by atomic mass is 10.1. The molecule has 0 unspecified atom stereocenters. The maximum atomic E-state index is 13.1. The van der Waals surface area contributed by atoms with E-state index in [1.165, 1.54) is 42.5 Å². The summed E-state index contributed by atoms with van der Waals surface area (Å²) in [5.41, 5.74) is -0.609. The van der Waals surface area contributed by atoms with Crippen molar-refractivity contribution >= 4 is 17.5 Å². The van der Waals surface area contributed by atoms with Gasteiger partial charge in [-0.1, -0.05) is 26.0 Å². The molecule has 0 aromatic heterocycles. The number of carbonyl (C=O) groups excluding carboxylic acids is 2. The van der Waals surface area contributed by atoms with Crippen LogP contribution in [0.1, 0.15) is 53.0 Å². The summed E-state index contributed by atoms with van der Waals surface area (Å²) in [6.07, 6.45) is -2.89. The number of para-hydroxylation sites is 1. The number of nitrogens with one attached hydrogen (secondary N) is 1. The van der Waals surface area contributed by atoms with E-state index in [9.17, 15) is 22.8 Å². The van der Waals surface area contributed by atoms with Crippen LogP contribution in [0.3, 0.4) is 0 Å². The average molecular weight is 392 g/mol. The van der Waals surface area contributed by atoms with E-state index >= 15 is 0 Å². The van der Waals surface area contributed by atoms with E-state index in [-0.39, 0.29) is 17.2 Å². The van der Waals surface area contributed by atoms with Crippen LogP contribution in [0.15, 0.2) is 48.5 Å². The molecule has 150 valence electrons. The summed E-state index contributed by atoms with van der Waals surface area (Å²) in [4.78, 5) is 26.6. The summed E-state index contributed by atoms with van der Waals surface area (Å²) in [5.74, 6) is -0.798. The van der Waals surface area contributed by atoms with Crippen LogP contribution in [0.4, 0.5) is 18.9 Å². The Morgan fingerprint density at radius 1 is 0.893 bits per heavy atom. The van der Waals surface area contributed by atoms with Crippen molar-refractivity contribution in [2.45, 2.75) is 32.9 Å². The summed E-state index contributed by atoms with van der Waals surface area (Å²) in [6.45, 7) is 5.26. The molecule has 0 atom stereocenters. The fourth-order valence-electron chi connectivity index (χ4n) is 2.84. The second-order valence-corrected chi connectivity index (χ2v) is 6.37. The first kappa shape index (κ1) is 21.5. The van der Waals surface area contributed by atoms with Gasteiger partial charge in [0.1, 0.15) is 0 Å². The first-order valence-corrected chi connectivity index (χ1v) is 9.14. The predicted octanol–water partition coefficient (Wildman–Crippen LogP) is 5.22. The van der Waals surface area contributed by atoms with Crippen LogP contribution in [0.2, 0.25) is 0 Å². The Balaban J connectivity index is 2.16. The standard InChI is InChI=1S/C21H23F3N2O2/c1-3-13-26(14-4-2)20(28)16-11-9-15(10-12-16)19(27)25-18-8-6-5-7-17(18)21(22,23)24/h5-12H,3-4,13-14H2,1-2H3,(H,25,27). The second-order valence-electron chi connectivity index (χ2n) is 6.37. The van der Waals surface area contributed by atoms with E-state index in [2.05, 4.69) is 5.32 Å². The molecule has 0 aliphatic rings. The lowest BCUT2D eigenvalue weighted by Gasteiger charge is -2.21. The van der Waals surface area contributed by atoms with Crippen molar-refractivity contribution in [2.75, 3.05) is 18.4 Å². The molecule has 0 radical (unpaired) electrons. The van der Waals surface area contributed by atoms with Gasteiger partial charge in [-0.05, 0) is 49.2 Å². The molecule has 7 heteroatoms. The Kier molecular flexibility index (Phi) is 7.20. The fourth-order valence-corrected chi connectivity index (χ4v) is 2.84. The number of hydrogen-bond donors (Lipinski definition) is 1. The molecule has 1 N–H and O–H groups in total. The second kappa shape index (κ2) is 9.39. The van der Waals surface area contributed by atoms with Crippen molar-refractivity contribution < 1.29 is 22.8 Å². The van der Waals surface area contributed by atoms with Gasteiger partial charge in [-0.3, -0.25) is 9.59 Å². The molecular weight excluding hydrogens is 369 g/mol. The summed E-state index contributed by atoms with van der Waals surface area (Å²) in [6, 6.07) is 10.7. The average Bonchev–Trinajstić information content (AvgIpc) is 2.67. The number of hydrogen-bond acceptors (Lipinski definition) is 2. The lowest BCUT2D eigenvalue weighted by molar-refractivity contribution is -0.136. The van der Waals surface area contributed by atoms with E-state index in [1.807, 2.05) is 13.8 Å². The third-order valence-electron chi connectivity index (χ3n) is 4.15. The van der Waals surface area contributed by atoms with Crippen molar-refractivity contribution in [3.63, 3.8) is 0 Å². The van der Waals surface area contributed by atoms with Gasteiger partial charge in [0, 0.05) is 24.2 Å². The number of amides is 2. The molecular formula is C21H23F3N2O2. The van der Waals surface area contributed by atoms with E-state index in [0.29, 0.717) is 18.7 Å². The molecule has 4 nitrogen and oxygen atoms in total. The van der Waals surface area contributed by atoms with Gasteiger partial charge in [-0.2, -0.15) is 13.2 Å². The number of anilines is 1. The van der Waals surface area contributed by atoms with Gasteiger partial charge in [-0.25, -0.2) is 0 Å². The molecule has 0 bridgehead atoms. The van der Waals surface area contributed by atoms with Crippen molar-refractivity contribution in [3.05, 3.63) is 65.2 Å². The third-order valence-corrected chi connectivity index (χ3v) is 4.15. The number of benzene rings is 2. The highest BCUT2D eigenvalue weighted by molar-refractivity contribution is 6.05. The molecule has 2 aromatic rings. The highest BCUT2D eigenvalue weighted by atomic mass is 19.4. The van der Waals surface area contributed by atoms with Gasteiger partial charge in [0.05, 0.1) is 11.3 Å². The van der Waals surface area contributed by atoms with E-state index < -0.39 is 17.6 Å². The SMILES string of the molecule is CCCN(CCC)C(=O)c1ccc(C(=O)Nc2ccccc2C(F)(F)F)cc1. The molecule has 0 aliphatic carbocycles. The number of rotatable bonds is 7. The quantitative estimate of drug-likeness (QED) is 0.702. The minimum absolute atomic E-state index is 0.127. The van der Waals surface area contributed by atoms with Crippen LogP contribution in [0, 0.1) is 0 Å². The van der Waals surface area contributed by atoms with Crippen LogP contribution in [0.5, 0.6) is 0 Å². The van der Waals surface area contributed by atoms with Crippen molar-refractivity contribution in [2.24, 2.45) is 0 Å². The Labute approximate surface area is 162 Å². The van der Waals surface area contributed by atoms with Crippen LogP contribution in [-0.2, 0) is 6.18 Å². The Morgan fingerprint density at radius 3 is 1.96 bits per heavy atom. The van der Waals surface area contributed by atoms with Crippen LogP contribution in [0.25, 0.3) is 0 Å². The summed E-state index contributed by atoms with van der Waals surface area (Å²) < 4.78 is 39.2. The minimum atomic E-state index is -4.57. The molecule has 0 saturated carbocycles. The molecule has 2 aromatic carbocycles. The summed E-state index contributed by atoms with van der Waals surface area (Å²) >= 11 is 0. The smallest absolute Gasteiger partial charge is 0.339 e. The normalized spacial score (nSPS) is 11.2. The Morgan fingerprint density at radius 2 is 1.43 bits per heavy atom. The summed E-state index contributed by atoms with van der Waals surface area (Å²) in [7, 11) is 0. The minimum Gasteiger partial charge on any atom is -0.339 e. The number of alkyl halides is 3. The Bertz CT molecular complexity index is 811. The van der Waals surface area contributed by atoms with Crippen LogP contribution in [-0.4, -0.2) is 29.8 Å². The molecule has 28 heavy (non-hydrogen) atoms. The van der Waals surface area contributed by atoms with Gasteiger partial charge in [-0.15, -0.1) is 0 Å². The molecule has 0 saturated heterocycles. The van der Waals surface area contributed by atoms with Crippen LogP contribution >= 0.6 is 0 Å². The third kappa shape index (κ3) is 5.34. The van der Waals surface area contributed by atoms with Crippen molar-refractivity contribution in [1.82, 2.24) is 4.90 Å². The fraction of sp³-hybridized carbons (Fsp3) is 0.333. The van der Waals surface area contributed by atoms with Gasteiger partial charge < -0.3 is 10.2 Å². The highest BCUT2D eigenvalue weighted by Gasteiger charge is 2.33. The van der Waals surface area contributed by atoms with Gasteiger partial charge in [0.15, 0.2) is 0 Å². The molecule has 0 spiro atoms. The van der Waals surface area contributed by atoms with Gasteiger partial charge in [0.25, 0.3) is 11.8 Å². The zero-order valence-electron chi connectivity index (χ0n) is 15.8. The van der Waals surface area contributed by atoms with Gasteiger partial charge in [0.2, 0.25) is 0 Å². The molecule has 2 rings (SSSR count). The van der Waals surface area contributed by atoms with Crippen molar-refractivity contribution in [3.8, 4) is 0 Å². The predicted molar refractivity (Wildman–Crippen MR) is 102 cm³/mol. The monoisotopic (exact) mass is 392 g/mol. The maximum Gasteiger partial charge on any atom is 0.418 e. The molecule has 0 aliphatic heterocycles. The first-order valence-electron chi connectivity index (χ1n) is 9.14. The number of halogens is 3. The first-order chi connectivity index (χ1) is 13.3. The van der Waals surface area contributed by atoms with Gasteiger partial charge >= 0.3 is 6.18 Å². The topological polar surface area (TPSA) is 49.4 Å². The number of nitrogens with zero attached hydrogens (tertiary/aromatic N) is 1. The highest BCUT2D eigenvalue weighted by Crippen LogP contribution is 2.34. The lowest BCUT2D eigenvalue weighted by Crippen LogP contribution is -2.32. The van der Waals surface area contributed by atoms with E-state index in [4.69, 9.17) is 0 Å². The van der Waals surface area contributed by atoms with Crippen molar-refractivity contribution in [1.29, 1.82) is 0 Å². The van der Waals surface area contributed by atoms with E-state index in [0.717, 1.165) is 18.9 Å². The maximum absolute atomic E-state index is 13.1. The zero-order chi connectivity index (χ0) is 20.7. The van der Waals surface area contributed by atoms with Crippen LogP contribution < -0.4 is 5.32 Å². The van der Waals surface area contributed by atoms with E-state index in [1.54, 1.807) is 4.90 Å². The zero-order valence-corrected chi connectivity index (χ0v) is 15.8. The largest absolute Gasteiger partial charge is 0.418 e. The molecule has 0 fully saturated rings. The summed E-state index contributed by atoms with van der Waals surface area (Å²) in [5, 5.41) is 2.29. The molecule has 0 heterocycles. The Hall–Kier alpha value is -2.83.